The van der Waals surface area contributed by atoms with Gasteiger partial charge in [0.2, 0.25) is 0 Å². The van der Waals surface area contributed by atoms with E-state index in [9.17, 15) is 19.5 Å². The van der Waals surface area contributed by atoms with E-state index >= 15 is 0 Å². The molecule has 0 spiro atoms. The first kappa shape index (κ1) is 24.6. The van der Waals surface area contributed by atoms with Crippen molar-refractivity contribution in [2.24, 2.45) is 5.10 Å². The smallest absolute Gasteiger partial charge is 0.272 e. The van der Waals surface area contributed by atoms with Gasteiger partial charge in [0.25, 0.3) is 17.4 Å². The van der Waals surface area contributed by atoms with E-state index in [1.165, 1.54) is 13.3 Å². The molecule has 11 heteroatoms. The van der Waals surface area contributed by atoms with Crippen molar-refractivity contribution in [1.82, 2.24) is 20.9 Å². The number of amides is 2. The van der Waals surface area contributed by atoms with Gasteiger partial charge in [0.15, 0.2) is 17.5 Å². The summed E-state index contributed by atoms with van der Waals surface area (Å²) in [7, 11) is 1.41. The number of fused-ring (bicyclic) bond motifs is 1. The summed E-state index contributed by atoms with van der Waals surface area (Å²) in [6, 6.07) is 16.8. The number of phenolic OH excluding ortho intramolecular Hbond substituents is 1. The van der Waals surface area contributed by atoms with Gasteiger partial charge in [-0.15, -0.1) is 0 Å². The molecule has 4 N–H and O–H groups in total. The van der Waals surface area contributed by atoms with Gasteiger partial charge in [-0.2, -0.15) is 10.2 Å². The number of aromatic amines is 1. The Labute approximate surface area is 213 Å². The van der Waals surface area contributed by atoms with Crippen molar-refractivity contribution < 1.29 is 19.4 Å². The Morgan fingerprint density at radius 3 is 2.53 bits per heavy atom. The monoisotopic (exact) mass is 549 g/mol. The van der Waals surface area contributed by atoms with Crippen molar-refractivity contribution in [3.8, 4) is 11.5 Å². The van der Waals surface area contributed by atoms with Crippen molar-refractivity contribution in [3.05, 3.63) is 98.4 Å². The van der Waals surface area contributed by atoms with Crippen LogP contribution in [0.5, 0.6) is 11.5 Å². The first-order valence-electron chi connectivity index (χ1n) is 10.6. The second kappa shape index (κ2) is 10.8. The number of hydrazone groups is 1. The molecule has 0 fully saturated rings. The molecule has 0 aliphatic rings. The lowest BCUT2D eigenvalue weighted by Gasteiger charge is -2.18. The molecule has 0 bridgehead atoms. The molecule has 2 amide bonds. The minimum Gasteiger partial charge on any atom is -0.504 e. The largest absolute Gasteiger partial charge is 0.504 e. The highest BCUT2D eigenvalue weighted by molar-refractivity contribution is 9.10. The average molecular weight is 550 g/mol. The normalized spacial score (nSPS) is 11.8. The predicted molar refractivity (Wildman–Crippen MR) is 137 cm³/mol. The first-order valence-corrected chi connectivity index (χ1v) is 11.4. The fraction of sp³-hybridized carbons (Fsp3) is 0.0800. The van der Waals surface area contributed by atoms with Crippen LogP contribution in [0.15, 0.2) is 81.1 Å². The molecule has 36 heavy (non-hydrogen) atoms. The van der Waals surface area contributed by atoms with Gasteiger partial charge in [-0.25, -0.2) is 10.5 Å². The molecule has 0 saturated carbocycles. The fourth-order valence-corrected chi connectivity index (χ4v) is 3.95. The number of hydrogen-bond donors (Lipinski definition) is 4. The van der Waals surface area contributed by atoms with E-state index < -0.39 is 23.4 Å². The van der Waals surface area contributed by atoms with Crippen LogP contribution in [0.3, 0.4) is 0 Å². The Hall–Kier alpha value is -4.51. The van der Waals surface area contributed by atoms with Crippen molar-refractivity contribution in [1.29, 1.82) is 0 Å². The zero-order valence-electron chi connectivity index (χ0n) is 18.9. The van der Waals surface area contributed by atoms with Crippen LogP contribution in [0.25, 0.3) is 10.8 Å². The SMILES string of the molecule is COc1cc(Br)cc(/C=N/NC(=O)C(NC(=O)c2ccccc2)c2n[nH]c(=O)c3ccccc23)c1O. The highest BCUT2D eigenvalue weighted by atomic mass is 79.9. The number of methoxy groups -OCH3 is 1. The molecule has 1 atom stereocenters. The number of aromatic nitrogens is 2. The van der Waals surface area contributed by atoms with Crippen LogP contribution in [0.1, 0.15) is 27.7 Å². The van der Waals surface area contributed by atoms with E-state index in [0.29, 0.717) is 20.8 Å². The summed E-state index contributed by atoms with van der Waals surface area (Å²) >= 11 is 3.32. The highest BCUT2D eigenvalue weighted by Crippen LogP contribution is 2.32. The number of ether oxygens (including phenoxy) is 1. The van der Waals surface area contributed by atoms with E-state index in [2.05, 4.69) is 42.0 Å². The molecule has 0 radical (unpaired) electrons. The molecule has 182 valence electrons. The number of hydrogen-bond acceptors (Lipinski definition) is 7. The van der Waals surface area contributed by atoms with E-state index in [1.54, 1.807) is 66.7 Å². The summed E-state index contributed by atoms with van der Waals surface area (Å²) in [6.45, 7) is 0. The summed E-state index contributed by atoms with van der Waals surface area (Å²) in [5, 5.41) is 24.0. The molecule has 1 heterocycles. The number of rotatable bonds is 7. The number of H-pyrrole nitrogens is 1. The fourth-order valence-electron chi connectivity index (χ4n) is 3.50. The van der Waals surface area contributed by atoms with Crippen LogP contribution in [0.2, 0.25) is 0 Å². The van der Waals surface area contributed by atoms with E-state index in [-0.39, 0.29) is 22.8 Å². The number of benzene rings is 3. The third-order valence-corrected chi connectivity index (χ3v) is 5.70. The van der Waals surface area contributed by atoms with Gasteiger partial charge in [0, 0.05) is 21.0 Å². The Kier molecular flexibility index (Phi) is 7.40. The van der Waals surface area contributed by atoms with Gasteiger partial charge in [0.05, 0.1) is 18.7 Å². The number of halogens is 1. The third kappa shape index (κ3) is 5.26. The van der Waals surface area contributed by atoms with Crippen molar-refractivity contribution in [3.63, 3.8) is 0 Å². The second-order valence-electron chi connectivity index (χ2n) is 7.54. The van der Waals surface area contributed by atoms with Crippen LogP contribution in [-0.2, 0) is 4.79 Å². The Balaban J connectivity index is 1.68. The maximum atomic E-state index is 13.2. The lowest BCUT2D eigenvalue weighted by Crippen LogP contribution is -2.40. The summed E-state index contributed by atoms with van der Waals surface area (Å²) in [6.07, 6.45) is 1.23. The van der Waals surface area contributed by atoms with Gasteiger partial charge >= 0.3 is 0 Å². The molecule has 10 nitrogen and oxygen atoms in total. The topological polar surface area (TPSA) is 146 Å². The van der Waals surface area contributed by atoms with Gasteiger partial charge < -0.3 is 15.2 Å². The van der Waals surface area contributed by atoms with Gasteiger partial charge in [0.1, 0.15) is 5.69 Å². The zero-order chi connectivity index (χ0) is 25.7. The minimum absolute atomic E-state index is 0.133. The molecular weight excluding hydrogens is 530 g/mol. The lowest BCUT2D eigenvalue weighted by atomic mass is 10.0. The van der Waals surface area contributed by atoms with Gasteiger partial charge in [-0.3, -0.25) is 14.4 Å². The summed E-state index contributed by atoms with van der Waals surface area (Å²) < 4.78 is 5.74. The van der Waals surface area contributed by atoms with Crippen LogP contribution < -0.4 is 21.0 Å². The minimum atomic E-state index is -1.30. The Morgan fingerprint density at radius 2 is 1.81 bits per heavy atom. The Morgan fingerprint density at radius 1 is 1.11 bits per heavy atom. The van der Waals surface area contributed by atoms with Gasteiger partial charge in [-0.05, 0) is 30.3 Å². The number of carbonyl (C=O) groups excluding carboxylic acids is 2. The van der Waals surface area contributed by atoms with E-state index in [1.807, 2.05) is 0 Å². The molecule has 0 aliphatic carbocycles. The van der Waals surface area contributed by atoms with Crippen LogP contribution >= 0.6 is 15.9 Å². The maximum Gasteiger partial charge on any atom is 0.272 e. The average Bonchev–Trinajstić information content (AvgIpc) is 2.90. The van der Waals surface area contributed by atoms with Crippen molar-refractivity contribution >= 4 is 44.7 Å². The van der Waals surface area contributed by atoms with Crippen LogP contribution in [0, 0.1) is 0 Å². The molecule has 4 rings (SSSR count). The number of nitrogens with zero attached hydrogens (tertiary/aromatic N) is 2. The summed E-state index contributed by atoms with van der Waals surface area (Å²) in [5.74, 6) is -1.19. The third-order valence-electron chi connectivity index (χ3n) is 5.24. The molecule has 0 aliphatic heterocycles. The molecule has 4 aromatic rings. The maximum absolute atomic E-state index is 13.2. The molecule has 0 saturated heterocycles. The number of carbonyl (C=O) groups is 2. The van der Waals surface area contributed by atoms with E-state index in [4.69, 9.17) is 4.74 Å². The molecule has 3 aromatic carbocycles. The van der Waals surface area contributed by atoms with E-state index in [0.717, 1.165) is 0 Å². The van der Waals surface area contributed by atoms with Crippen LogP contribution in [-0.4, -0.2) is 40.4 Å². The quantitative estimate of drug-likeness (QED) is 0.206. The van der Waals surface area contributed by atoms with Crippen LogP contribution in [0.4, 0.5) is 0 Å². The zero-order valence-corrected chi connectivity index (χ0v) is 20.4. The molecule has 1 unspecified atom stereocenters. The van der Waals surface area contributed by atoms with Gasteiger partial charge in [-0.1, -0.05) is 52.3 Å². The second-order valence-corrected chi connectivity index (χ2v) is 8.45. The number of phenols is 1. The summed E-state index contributed by atoms with van der Waals surface area (Å²) in [4.78, 5) is 38.4. The number of nitrogens with one attached hydrogen (secondary N) is 3. The molecular formula is C25H20BrN5O5. The highest BCUT2D eigenvalue weighted by Gasteiger charge is 2.27. The Bertz CT molecular complexity index is 1520. The summed E-state index contributed by atoms with van der Waals surface area (Å²) in [5.41, 5.74) is 2.68. The lowest BCUT2D eigenvalue weighted by molar-refractivity contribution is -0.123. The first-order chi connectivity index (χ1) is 17.4. The standard InChI is InChI=1S/C25H20BrN5O5/c1-36-19-12-16(26)11-15(22(19)32)13-27-30-25(35)21(28-23(33)14-7-3-2-4-8-14)20-17-9-5-6-10-18(17)24(34)31-29-20/h2-13,21,32H,1H3,(H,28,33)(H,30,35)(H,31,34)/b27-13+. The van der Waals surface area contributed by atoms with Crippen molar-refractivity contribution in [2.75, 3.05) is 7.11 Å². The van der Waals surface area contributed by atoms with Crippen molar-refractivity contribution in [2.45, 2.75) is 6.04 Å². The number of aromatic hydroxyl groups is 1. The molecule has 1 aromatic heterocycles. The predicted octanol–water partition coefficient (Wildman–Crippen LogP) is 3.02.